The second-order valence-electron chi connectivity index (χ2n) is 7.49. The van der Waals surface area contributed by atoms with Crippen LogP contribution in [0.25, 0.3) is 16.7 Å². The summed E-state index contributed by atoms with van der Waals surface area (Å²) in [4.78, 5) is 32.3. The minimum absolute atomic E-state index is 0.144. The van der Waals surface area contributed by atoms with Gasteiger partial charge in [-0.3, -0.25) is 9.59 Å². The van der Waals surface area contributed by atoms with Crippen molar-refractivity contribution in [2.45, 2.75) is 0 Å². The van der Waals surface area contributed by atoms with Gasteiger partial charge in [0.25, 0.3) is 11.7 Å². The number of ketones is 1. The van der Waals surface area contributed by atoms with Crippen molar-refractivity contribution in [1.82, 2.24) is 30.1 Å². The number of Topliss-reactive ketones (excluding diaryl/α,β-unsaturated/α-hetero) is 1. The van der Waals surface area contributed by atoms with Crippen LogP contribution in [-0.2, 0) is 4.79 Å². The molecular weight excluding hydrogens is 428 g/mol. The van der Waals surface area contributed by atoms with Crippen LogP contribution in [0.1, 0.15) is 10.4 Å². The molecule has 1 amide bonds. The maximum absolute atomic E-state index is 13.0. The zero-order valence-electron chi connectivity index (χ0n) is 17.7. The van der Waals surface area contributed by atoms with Crippen molar-refractivity contribution in [3.63, 3.8) is 0 Å². The van der Waals surface area contributed by atoms with E-state index in [4.69, 9.17) is 4.74 Å². The molecule has 1 fully saturated rings. The number of H-pyrrole nitrogens is 1. The van der Waals surface area contributed by atoms with E-state index in [1.165, 1.54) is 30.5 Å². The maximum Gasteiger partial charge on any atom is 0.330 e. The number of benzene rings is 1. The van der Waals surface area contributed by atoms with Crippen LogP contribution in [0.4, 0.5) is 5.95 Å². The molecule has 0 atom stereocenters. The van der Waals surface area contributed by atoms with Crippen molar-refractivity contribution in [3.05, 3.63) is 54.4 Å². The van der Waals surface area contributed by atoms with Gasteiger partial charge in [-0.1, -0.05) is 28.0 Å². The molecule has 4 heterocycles. The van der Waals surface area contributed by atoms with Crippen LogP contribution >= 0.6 is 0 Å². The van der Waals surface area contributed by atoms with Gasteiger partial charge < -0.3 is 19.7 Å². The number of amides is 1. The summed E-state index contributed by atoms with van der Waals surface area (Å²) in [6.07, 6.45) is 2.79. The smallest absolute Gasteiger partial charge is 0.330 e. The highest BCUT2D eigenvalue weighted by Crippen LogP contribution is 2.27. The number of hydrogen-bond acceptors (Lipinski definition) is 8. The largest absolute Gasteiger partial charge is 0.496 e. The van der Waals surface area contributed by atoms with Crippen molar-refractivity contribution in [2.75, 3.05) is 38.2 Å². The molecule has 1 aliphatic rings. The summed E-state index contributed by atoms with van der Waals surface area (Å²) in [6, 6.07) is 11.1. The highest BCUT2D eigenvalue weighted by molar-refractivity contribution is 6.45. The Balaban J connectivity index is 1.32. The predicted octanol–water partition coefficient (Wildman–Crippen LogP) is 0.209. The standard InChI is InChI=1S/C21H20N8O4/c1-33-16-7-8-28(32)19-17(16)15(13-22-19)18(30)20(31)26-9-11-27(12-10-26)21-23-24-25-29(21)14-5-3-2-4-6-14/h2-8,13,32H,9-12H2,1H3/p+1. The van der Waals surface area contributed by atoms with Crippen LogP contribution in [0.3, 0.4) is 0 Å². The van der Waals surface area contributed by atoms with Crippen LogP contribution in [0.2, 0.25) is 0 Å². The lowest BCUT2D eigenvalue weighted by molar-refractivity contribution is -0.885. The summed E-state index contributed by atoms with van der Waals surface area (Å²) in [6.45, 7) is 1.62. The lowest BCUT2D eigenvalue weighted by atomic mass is 10.1. The van der Waals surface area contributed by atoms with Crippen LogP contribution in [0.5, 0.6) is 5.75 Å². The number of nitrogens with one attached hydrogen (secondary N) is 1. The van der Waals surface area contributed by atoms with Gasteiger partial charge in [0, 0.05) is 32.2 Å². The number of carbonyl (C=O) groups excluding carboxylic acids is 2. The summed E-state index contributed by atoms with van der Waals surface area (Å²) in [7, 11) is 1.46. The molecule has 1 aromatic carbocycles. The Bertz CT molecular complexity index is 1320. The number of tetrazole rings is 1. The molecule has 2 N–H and O–H groups in total. The molecule has 1 aliphatic heterocycles. The number of piperazine rings is 1. The molecule has 33 heavy (non-hydrogen) atoms. The number of methoxy groups -OCH3 is 1. The average Bonchev–Trinajstić information content (AvgIpc) is 3.53. The van der Waals surface area contributed by atoms with Gasteiger partial charge in [0.05, 0.1) is 18.4 Å². The van der Waals surface area contributed by atoms with Crippen LogP contribution in [0, 0.1) is 0 Å². The van der Waals surface area contributed by atoms with Gasteiger partial charge in [-0.25, -0.2) is 4.98 Å². The fraction of sp³-hybridized carbons (Fsp3) is 0.238. The minimum atomic E-state index is -0.673. The molecule has 0 bridgehead atoms. The summed E-state index contributed by atoms with van der Waals surface area (Å²) in [5.74, 6) is -0.333. The number of hydrogen-bond donors (Lipinski definition) is 2. The number of nitrogens with zero attached hydrogens (tertiary/aromatic N) is 7. The number of aromatic nitrogens is 6. The van der Waals surface area contributed by atoms with Gasteiger partial charge in [-0.15, -0.1) is 0 Å². The van der Waals surface area contributed by atoms with Crippen molar-refractivity contribution in [2.24, 2.45) is 0 Å². The van der Waals surface area contributed by atoms with E-state index >= 15 is 0 Å². The predicted molar refractivity (Wildman–Crippen MR) is 115 cm³/mol. The molecule has 5 rings (SSSR count). The SMILES string of the molecule is COc1cc[n+](O)c2[nH]cc(C(=O)C(=O)N3CCN(c4nnnn4-c4ccccc4)CC3)c12. The molecule has 0 radical (unpaired) electrons. The minimum Gasteiger partial charge on any atom is -0.496 e. The van der Waals surface area contributed by atoms with Gasteiger partial charge in [-0.05, 0) is 22.6 Å². The second-order valence-corrected chi connectivity index (χ2v) is 7.49. The monoisotopic (exact) mass is 449 g/mol. The summed E-state index contributed by atoms with van der Waals surface area (Å²) < 4.78 is 7.80. The molecule has 12 heteroatoms. The Morgan fingerprint density at radius 2 is 1.88 bits per heavy atom. The summed E-state index contributed by atoms with van der Waals surface area (Å²) in [5.41, 5.74) is 1.24. The van der Waals surface area contributed by atoms with Crippen molar-refractivity contribution in [3.8, 4) is 11.4 Å². The fourth-order valence-electron chi connectivity index (χ4n) is 3.97. The van der Waals surface area contributed by atoms with E-state index in [2.05, 4.69) is 20.5 Å². The highest BCUT2D eigenvalue weighted by Gasteiger charge is 2.32. The first-order valence-corrected chi connectivity index (χ1v) is 10.3. The molecule has 1 saturated heterocycles. The Kier molecular flexibility index (Phi) is 5.09. The number of para-hydroxylation sites is 1. The first-order valence-electron chi connectivity index (χ1n) is 10.3. The first kappa shape index (κ1) is 20.4. The van der Waals surface area contributed by atoms with Crippen molar-refractivity contribution in [1.29, 1.82) is 0 Å². The number of ether oxygens (including phenoxy) is 1. The van der Waals surface area contributed by atoms with Crippen molar-refractivity contribution < 1.29 is 24.3 Å². The third kappa shape index (κ3) is 3.50. The lowest BCUT2D eigenvalue weighted by Gasteiger charge is -2.34. The van der Waals surface area contributed by atoms with E-state index in [9.17, 15) is 14.8 Å². The molecule has 168 valence electrons. The first-order chi connectivity index (χ1) is 16.1. The molecule has 4 aromatic rings. The molecule has 0 spiro atoms. The maximum atomic E-state index is 13.0. The Hall–Kier alpha value is -4.48. The zero-order valence-corrected chi connectivity index (χ0v) is 17.7. The number of pyridine rings is 1. The van der Waals surface area contributed by atoms with Gasteiger partial charge >= 0.3 is 5.65 Å². The zero-order chi connectivity index (χ0) is 22.9. The van der Waals surface area contributed by atoms with Crippen LogP contribution < -0.4 is 14.4 Å². The van der Waals surface area contributed by atoms with E-state index in [-0.39, 0.29) is 11.2 Å². The molecule has 12 nitrogen and oxygen atoms in total. The molecular formula is C21H21N8O4+. The van der Waals surface area contributed by atoms with Crippen LogP contribution in [0.15, 0.2) is 48.8 Å². The Labute approximate surface area is 187 Å². The molecule has 0 unspecified atom stereocenters. The third-order valence-corrected chi connectivity index (χ3v) is 5.66. The summed E-state index contributed by atoms with van der Waals surface area (Å²) in [5, 5.41) is 22.3. The number of aromatic amines is 1. The molecule has 0 saturated carbocycles. The van der Waals surface area contributed by atoms with Gasteiger partial charge in [0.1, 0.15) is 23.5 Å². The average molecular weight is 449 g/mol. The molecule has 3 aromatic heterocycles. The van der Waals surface area contributed by atoms with E-state index in [1.807, 2.05) is 35.2 Å². The molecule has 0 aliphatic carbocycles. The number of carbonyl (C=O) groups is 2. The third-order valence-electron chi connectivity index (χ3n) is 5.66. The second kappa shape index (κ2) is 8.22. The number of rotatable bonds is 5. The van der Waals surface area contributed by atoms with E-state index in [0.717, 1.165) is 10.4 Å². The van der Waals surface area contributed by atoms with E-state index in [1.54, 1.807) is 4.68 Å². The highest BCUT2D eigenvalue weighted by atomic mass is 16.5. The van der Waals surface area contributed by atoms with E-state index < -0.39 is 11.7 Å². The number of anilines is 1. The van der Waals surface area contributed by atoms with E-state index in [0.29, 0.717) is 43.3 Å². The number of fused-ring (bicyclic) bond motifs is 1. The Morgan fingerprint density at radius 3 is 2.61 bits per heavy atom. The topological polar surface area (TPSA) is 133 Å². The van der Waals surface area contributed by atoms with Gasteiger partial charge in [-0.2, -0.15) is 4.68 Å². The van der Waals surface area contributed by atoms with Gasteiger partial charge in [0.2, 0.25) is 5.95 Å². The quantitative estimate of drug-likeness (QED) is 0.191. The lowest BCUT2D eigenvalue weighted by Crippen LogP contribution is -2.51. The van der Waals surface area contributed by atoms with Crippen LogP contribution in [-0.4, -0.2) is 80.3 Å². The fourth-order valence-corrected chi connectivity index (χ4v) is 3.97. The summed E-state index contributed by atoms with van der Waals surface area (Å²) >= 11 is 0. The van der Waals surface area contributed by atoms with Crippen molar-refractivity contribution >= 4 is 28.7 Å². The van der Waals surface area contributed by atoms with Gasteiger partial charge in [0.15, 0.2) is 0 Å². The normalized spacial score (nSPS) is 14.0. The Morgan fingerprint density at radius 1 is 1.12 bits per heavy atom.